The first-order valence-electron chi connectivity index (χ1n) is 7.18. The first-order valence-corrected chi connectivity index (χ1v) is 8.35. The van der Waals surface area contributed by atoms with E-state index in [0.29, 0.717) is 16.7 Å². The van der Waals surface area contributed by atoms with Crippen molar-refractivity contribution in [3.63, 3.8) is 0 Å². The second kappa shape index (κ2) is 6.94. The first kappa shape index (κ1) is 16.4. The molecule has 1 N–H and O–H groups in total. The molecule has 2 aromatic carbocycles. The molecule has 24 heavy (non-hydrogen) atoms. The van der Waals surface area contributed by atoms with Crippen molar-refractivity contribution in [2.24, 2.45) is 0 Å². The van der Waals surface area contributed by atoms with Gasteiger partial charge in [-0.05, 0) is 22.8 Å². The Bertz CT molecular complexity index is 948. The third-order valence-electron chi connectivity index (χ3n) is 3.68. The molecule has 0 fully saturated rings. The molecule has 124 valence electrons. The molecular weight excluding hydrogens is 331 g/mol. The van der Waals surface area contributed by atoms with Crippen LogP contribution in [0.4, 0.5) is 4.39 Å². The number of ether oxygens (including phenoxy) is 1. The molecule has 0 unspecified atom stereocenters. The molecule has 3 aromatic rings. The van der Waals surface area contributed by atoms with Gasteiger partial charge in [-0.1, -0.05) is 24.3 Å². The summed E-state index contributed by atoms with van der Waals surface area (Å²) in [5.74, 6) is 0.0133. The van der Waals surface area contributed by atoms with E-state index in [-0.39, 0.29) is 6.54 Å². The van der Waals surface area contributed by atoms with E-state index in [2.05, 4.69) is 9.71 Å². The number of hydrogen-bond acceptors (Lipinski definition) is 4. The summed E-state index contributed by atoms with van der Waals surface area (Å²) < 4.78 is 43.0. The minimum absolute atomic E-state index is 0.224. The highest BCUT2D eigenvalue weighted by atomic mass is 32.2. The molecule has 0 saturated heterocycles. The summed E-state index contributed by atoms with van der Waals surface area (Å²) in [7, 11) is -1.15. The summed E-state index contributed by atoms with van der Waals surface area (Å²) in [6.45, 7) is 0.224. The lowest BCUT2D eigenvalue weighted by molar-refractivity contribution is 0.412. The van der Waals surface area contributed by atoms with Crippen LogP contribution in [-0.2, 0) is 17.4 Å². The van der Waals surface area contributed by atoms with Crippen LogP contribution in [0.2, 0.25) is 0 Å². The molecule has 0 bridgehead atoms. The van der Waals surface area contributed by atoms with Gasteiger partial charge in [-0.15, -0.1) is 0 Å². The third-order valence-corrected chi connectivity index (χ3v) is 4.10. The molecule has 0 spiro atoms. The van der Waals surface area contributed by atoms with Gasteiger partial charge in [0, 0.05) is 30.3 Å². The van der Waals surface area contributed by atoms with Crippen molar-refractivity contribution in [2.45, 2.75) is 6.54 Å². The van der Waals surface area contributed by atoms with Crippen LogP contribution in [0.15, 0.2) is 48.7 Å². The van der Waals surface area contributed by atoms with Crippen molar-refractivity contribution in [1.29, 1.82) is 0 Å². The SMILES string of the molecule is COc1cc(F)c2c(-c3ccc(CN[SH](=O)=O)cc3)ccnc2c1. The van der Waals surface area contributed by atoms with Gasteiger partial charge >= 0.3 is 0 Å². The number of methoxy groups -OCH3 is 1. The smallest absolute Gasteiger partial charge is 0.201 e. The van der Waals surface area contributed by atoms with Crippen LogP contribution >= 0.6 is 0 Å². The van der Waals surface area contributed by atoms with Crippen molar-refractivity contribution >= 4 is 21.8 Å². The molecule has 3 rings (SSSR count). The summed E-state index contributed by atoms with van der Waals surface area (Å²) in [6.07, 6.45) is 1.62. The van der Waals surface area contributed by atoms with Crippen molar-refractivity contribution in [3.8, 4) is 16.9 Å². The number of benzene rings is 2. The molecule has 1 aromatic heterocycles. The number of thiol groups is 1. The summed E-state index contributed by atoms with van der Waals surface area (Å²) in [5.41, 5.74) is 2.87. The number of pyridine rings is 1. The van der Waals surface area contributed by atoms with E-state index in [1.165, 1.54) is 13.2 Å². The van der Waals surface area contributed by atoms with E-state index in [1.807, 2.05) is 12.1 Å². The van der Waals surface area contributed by atoms with Crippen molar-refractivity contribution in [3.05, 3.63) is 60.0 Å². The molecule has 0 aliphatic carbocycles. The van der Waals surface area contributed by atoms with Gasteiger partial charge in [-0.25, -0.2) is 17.5 Å². The van der Waals surface area contributed by atoms with Crippen LogP contribution < -0.4 is 9.46 Å². The van der Waals surface area contributed by atoms with E-state index in [0.717, 1.165) is 16.7 Å². The first-order chi connectivity index (χ1) is 11.6. The molecule has 0 saturated carbocycles. The Morgan fingerprint density at radius 2 is 1.92 bits per heavy atom. The molecule has 0 aliphatic heterocycles. The Balaban J connectivity index is 2.03. The Morgan fingerprint density at radius 3 is 2.58 bits per heavy atom. The van der Waals surface area contributed by atoms with Gasteiger partial charge < -0.3 is 4.74 Å². The van der Waals surface area contributed by atoms with Crippen LogP contribution in [0.3, 0.4) is 0 Å². The monoisotopic (exact) mass is 346 g/mol. The maximum absolute atomic E-state index is 14.5. The minimum atomic E-state index is -2.63. The topological polar surface area (TPSA) is 68.3 Å². The fraction of sp³-hybridized carbons (Fsp3) is 0.118. The lowest BCUT2D eigenvalue weighted by Gasteiger charge is -2.10. The molecular formula is C17H15FN2O3S. The number of aromatic nitrogens is 1. The second-order valence-electron chi connectivity index (χ2n) is 5.15. The van der Waals surface area contributed by atoms with E-state index in [1.54, 1.807) is 30.5 Å². The normalized spacial score (nSPS) is 11.1. The predicted octanol–water partition coefficient (Wildman–Crippen LogP) is 2.67. The zero-order valence-electron chi connectivity index (χ0n) is 12.8. The number of fused-ring (bicyclic) bond motifs is 1. The average Bonchev–Trinajstić information content (AvgIpc) is 2.59. The third kappa shape index (κ3) is 3.37. The van der Waals surface area contributed by atoms with Crippen LogP contribution in [0, 0.1) is 5.82 Å². The van der Waals surface area contributed by atoms with E-state index in [4.69, 9.17) is 4.74 Å². The summed E-state index contributed by atoms with van der Waals surface area (Å²) >= 11 is 0. The summed E-state index contributed by atoms with van der Waals surface area (Å²) in [6, 6.07) is 12.0. The van der Waals surface area contributed by atoms with Crippen LogP contribution in [0.25, 0.3) is 22.0 Å². The number of nitrogens with one attached hydrogen (secondary N) is 1. The van der Waals surface area contributed by atoms with E-state index in [9.17, 15) is 12.8 Å². The highest BCUT2D eigenvalue weighted by Gasteiger charge is 2.11. The van der Waals surface area contributed by atoms with Crippen molar-refractivity contribution in [1.82, 2.24) is 9.71 Å². The van der Waals surface area contributed by atoms with Crippen LogP contribution in [0.5, 0.6) is 5.75 Å². The highest BCUT2D eigenvalue weighted by Crippen LogP contribution is 2.32. The van der Waals surface area contributed by atoms with Crippen LogP contribution in [0.1, 0.15) is 5.56 Å². The molecule has 0 radical (unpaired) electrons. The number of halogens is 1. The molecule has 5 nitrogen and oxygen atoms in total. The fourth-order valence-corrected chi connectivity index (χ4v) is 2.84. The largest absolute Gasteiger partial charge is 0.497 e. The second-order valence-corrected chi connectivity index (χ2v) is 5.98. The number of hydrogen-bond donors (Lipinski definition) is 2. The standard InChI is InChI=1S/C17H15FN2O3S/c1-23-13-8-15(18)17-14(6-7-19-16(17)9-13)12-4-2-11(3-5-12)10-20-24(21)22/h2-9,24H,10H2,1H3,(H,20,21,22). The van der Waals surface area contributed by atoms with E-state index < -0.39 is 16.7 Å². The quantitative estimate of drug-likeness (QED) is 0.697. The lowest BCUT2D eigenvalue weighted by atomic mass is 9.99. The van der Waals surface area contributed by atoms with Gasteiger partial charge in [0.2, 0.25) is 10.9 Å². The van der Waals surface area contributed by atoms with Crippen molar-refractivity contribution in [2.75, 3.05) is 7.11 Å². The summed E-state index contributed by atoms with van der Waals surface area (Å²) in [5, 5.41) is 0.423. The maximum atomic E-state index is 14.5. The maximum Gasteiger partial charge on any atom is 0.201 e. The molecule has 7 heteroatoms. The predicted molar refractivity (Wildman–Crippen MR) is 90.8 cm³/mol. The Kier molecular flexibility index (Phi) is 4.73. The summed E-state index contributed by atoms with van der Waals surface area (Å²) in [4.78, 5) is 4.21. The van der Waals surface area contributed by atoms with E-state index >= 15 is 0 Å². The fourth-order valence-electron chi connectivity index (χ4n) is 2.53. The average molecular weight is 346 g/mol. The Labute approximate surface area is 140 Å². The zero-order valence-corrected chi connectivity index (χ0v) is 13.7. The van der Waals surface area contributed by atoms with Gasteiger partial charge in [0.25, 0.3) is 0 Å². The zero-order chi connectivity index (χ0) is 17.1. The minimum Gasteiger partial charge on any atom is -0.497 e. The van der Waals surface area contributed by atoms with Gasteiger partial charge in [-0.3, -0.25) is 4.98 Å². The number of nitrogens with zero attached hydrogens (tertiary/aromatic N) is 1. The highest BCUT2D eigenvalue weighted by molar-refractivity contribution is 7.70. The van der Waals surface area contributed by atoms with Crippen LogP contribution in [-0.4, -0.2) is 20.5 Å². The molecule has 0 atom stereocenters. The molecule has 0 amide bonds. The Morgan fingerprint density at radius 1 is 1.17 bits per heavy atom. The molecule has 0 aliphatic rings. The van der Waals surface area contributed by atoms with Crippen molar-refractivity contribution < 1.29 is 17.5 Å². The molecule has 1 heterocycles. The van der Waals surface area contributed by atoms with Gasteiger partial charge in [0.05, 0.1) is 12.6 Å². The Hall–Kier alpha value is -2.51. The number of rotatable bonds is 5. The van der Waals surface area contributed by atoms with Gasteiger partial charge in [0.15, 0.2) is 0 Å². The van der Waals surface area contributed by atoms with Gasteiger partial charge in [0.1, 0.15) is 11.6 Å². The van der Waals surface area contributed by atoms with Gasteiger partial charge in [-0.2, -0.15) is 0 Å². The lowest BCUT2D eigenvalue weighted by Crippen LogP contribution is -2.09.